The molecule has 2 rings (SSSR count). The van der Waals surface area contributed by atoms with Gasteiger partial charge in [0.2, 0.25) is 10.0 Å². The van der Waals surface area contributed by atoms with Gasteiger partial charge in [-0.2, -0.15) is 0 Å². The molecule has 1 aromatic carbocycles. The van der Waals surface area contributed by atoms with Gasteiger partial charge in [-0.1, -0.05) is 19.8 Å². The van der Waals surface area contributed by atoms with Crippen molar-refractivity contribution in [3.05, 3.63) is 28.3 Å². The summed E-state index contributed by atoms with van der Waals surface area (Å²) in [6, 6.07) is 3.59. The van der Waals surface area contributed by atoms with Crippen molar-refractivity contribution in [3.63, 3.8) is 0 Å². The number of rotatable bonds is 6. The first kappa shape index (κ1) is 21.6. The van der Waals surface area contributed by atoms with Gasteiger partial charge in [0.25, 0.3) is 0 Å². The van der Waals surface area contributed by atoms with E-state index in [4.69, 9.17) is 10.5 Å². The van der Waals surface area contributed by atoms with Gasteiger partial charge in [-0.15, -0.1) is 12.4 Å². The zero-order valence-electron chi connectivity index (χ0n) is 14.2. The lowest BCUT2D eigenvalue weighted by Gasteiger charge is -2.42. The van der Waals surface area contributed by atoms with E-state index in [0.717, 1.165) is 25.3 Å². The van der Waals surface area contributed by atoms with Gasteiger partial charge in [0.15, 0.2) is 5.75 Å². The first-order valence-electron chi connectivity index (χ1n) is 7.82. The smallest absolute Gasteiger partial charge is 0.312 e. The molecule has 0 radical (unpaired) electrons. The van der Waals surface area contributed by atoms with Crippen molar-refractivity contribution in [1.29, 1.82) is 0 Å². The van der Waals surface area contributed by atoms with Crippen molar-refractivity contribution >= 4 is 28.1 Å². The Hall–Kier alpha value is -1.42. The Morgan fingerprint density at radius 3 is 2.64 bits per heavy atom. The number of benzene rings is 1. The van der Waals surface area contributed by atoms with Gasteiger partial charge in [-0.3, -0.25) is 10.1 Å². The van der Waals surface area contributed by atoms with Crippen LogP contribution in [0, 0.1) is 16.0 Å². The van der Waals surface area contributed by atoms with Crippen LogP contribution in [-0.4, -0.2) is 32.5 Å². The Labute approximate surface area is 153 Å². The first-order valence-corrected chi connectivity index (χ1v) is 9.30. The summed E-state index contributed by atoms with van der Waals surface area (Å²) >= 11 is 0. The van der Waals surface area contributed by atoms with Crippen molar-refractivity contribution in [1.82, 2.24) is 4.72 Å². The quantitative estimate of drug-likeness (QED) is 0.563. The second kappa shape index (κ2) is 8.31. The molecular weight excluding hydrogens is 370 g/mol. The molecule has 3 N–H and O–H groups in total. The number of nitrogens with one attached hydrogen (secondary N) is 1. The van der Waals surface area contributed by atoms with Crippen molar-refractivity contribution in [2.75, 3.05) is 13.7 Å². The summed E-state index contributed by atoms with van der Waals surface area (Å²) in [5.41, 5.74) is 4.78. The third kappa shape index (κ3) is 4.41. The van der Waals surface area contributed by atoms with E-state index < -0.39 is 20.5 Å². The van der Waals surface area contributed by atoms with Crippen LogP contribution in [0.1, 0.15) is 32.6 Å². The molecule has 1 saturated carbocycles. The van der Waals surface area contributed by atoms with Crippen molar-refractivity contribution in [2.24, 2.45) is 11.7 Å². The van der Waals surface area contributed by atoms with E-state index in [1.54, 1.807) is 0 Å². The van der Waals surface area contributed by atoms with Crippen LogP contribution in [0.5, 0.6) is 5.75 Å². The number of nitro groups is 1. The third-order valence-electron chi connectivity index (χ3n) is 4.81. The molecule has 1 aromatic rings. The standard InChI is InChI=1S/C15H23N3O5S.ClH/c1-11-5-3-4-8-15(11,10-16)17-24(21,22)12-6-7-14(23-2)13(9-12)18(19)20;/h6-7,9,11,17H,3-5,8,10,16H2,1-2H3;1H. The van der Waals surface area contributed by atoms with E-state index in [0.29, 0.717) is 6.42 Å². The molecule has 8 nitrogen and oxygen atoms in total. The van der Waals surface area contributed by atoms with Gasteiger partial charge in [0.05, 0.1) is 16.9 Å². The number of nitrogens with two attached hydrogens (primary N) is 1. The van der Waals surface area contributed by atoms with Crippen molar-refractivity contribution in [3.8, 4) is 5.75 Å². The summed E-state index contributed by atoms with van der Waals surface area (Å²) < 4.78 is 33.1. The molecule has 1 fully saturated rings. The lowest BCUT2D eigenvalue weighted by molar-refractivity contribution is -0.386. The molecule has 0 spiro atoms. The molecule has 0 heterocycles. The first-order chi connectivity index (χ1) is 11.3. The van der Waals surface area contributed by atoms with Crippen molar-refractivity contribution in [2.45, 2.75) is 43.0 Å². The number of hydrogen-bond donors (Lipinski definition) is 2. The number of nitro benzene ring substituents is 1. The van der Waals surface area contributed by atoms with Crippen LogP contribution in [0.25, 0.3) is 0 Å². The van der Waals surface area contributed by atoms with Gasteiger partial charge in [0.1, 0.15) is 0 Å². The summed E-state index contributed by atoms with van der Waals surface area (Å²) in [6.45, 7) is 2.16. The highest BCUT2D eigenvalue weighted by Gasteiger charge is 2.41. The molecule has 0 saturated heterocycles. The minimum Gasteiger partial charge on any atom is -0.490 e. The van der Waals surface area contributed by atoms with Gasteiger partial charge >= 0.3 is 5.69 Å². The van der Waals surface area contributed by atoms with E-state index in [2.05, 4.69) is 4.72 Å². The molecule has 1 aliphatic carbocycles. The predicted molar refractivity (Wildman–Crippen MR) is 96.6 cm³/mol. The second-order valence-corrected chi connectivity index (χ2v) is 7.89. The summed E-state index contributed by atoms with van der Waals surface area (Å²) in [6.07, 6.45) is 3.48. The Bertz CT molecular complexity index is 728. The minimum atomic E-state index is -3.93. The lowest BCUT2D eigenvalue weighted by atomic mass is 9.74. The molecule has 0 aliphatic heterocycles. The average molecular weight is 394 g/mol. The fourth-order valence-corrected chi connectivity index (χ4v) is 4.77. The number of sulfonamides is 1. The van der Waals surface area contributed by atoms with Gasteiger partial charge < -0.3 is 10.5 Å². The number of halogens is 1. The van der Waals surface area contributed by atoms with Gasteiger partial charge in [-0.25, -0.2) is 13.1 Å². The highest BCUT2D eigenvalue weighted by Crippen LogP contribution is 2.35. The Morgan fingerprint density at radius 1 is 1.44 bits per heavy atom. The predicted octanol–water partition coefficient (Wildman–Crippen LogP) is 2.21. The zero-order valence-corrected chi connectivity index (χ0v) is 15.9. The third-order valence-corrected chi connectivity index (χ3v) is 6.36. The van der Waals surface area contributed by atoms with Crippen molar-refractivity contribution < 1.29 is 18.1 Å². The van der Waals surface area contributed by atoms with Gasteiger partial charge in [0, 0.05) is 18.2 Å². The average Bonchev–Trinajstić information content (AvgIpc) is 2.56. The zero-order chi connectivity index (χ0) is 18.0. The highest BCUT2D eigenvalue weighted by molar-refractivity contribution is 7.89. The summed E-state index contributed by atoms with van der Waals surface area (Å²) in [5, 5.41) is 11.1. The largest absolute Gasteiger partial charge is 0.490 e. The number of nitrogens with zero attached hydrogens (tertiary/aromatic N) is 1. The Kier molecular flexibility index (Phi) is 7.18. The van der Waals surface area contributed by atoms with Crippen LogP contribution >= 0.6 is 12.4 Å². The number of hydrogen-bond acceptors (Lipinski definition) is 6. The Balaban J connectivity index is 0.00000312. The Morgan fingerprint density at radius 2 is 2.12 bits per heavy atom. The summed E-state index contributed by atoms with van der Waals surface area (Å²) in [5.74, 6) is 0.109. The van der Waals surface area contributed by atoms with Crippen LogP contribution < -0.4 is 15.2 Å². The molecule has 0 aromatic heterocycles. The monoisotopic (exact) mass is 393 g/mol. The SMILES string of the molecule is COc1ccc(S(=O)(=O)NC2(CN)CCCCC2C)cc1[N+](=O)[O-].Cl. The lowest BCUT2D eigenvalue weighted by Crippen LogP contribution is -2.58. The molecule has 142 valence electrons. The molecular formula is C15H24ClN3O5S. The molecule has 2 unspecified atom stereocenters. The number of methoxy groups -OCH3 is 1. The van der Waals surface area contributed by atoms with E-state index >= 15 is 0 Å². The van der Waals surface area contributed by atoms with E-state index in [9.17, 15) is 18.5 Å². The van der Waals surface area contributed by atoms with Crippen LogP contribution in [0.3, 0.4) is 0 Å². The fraction of sp³-hybridized carbons (Fsp3) is 0.600. The van der Waals surface area contributed by atoms with Crippen LogP contribution in [0.4, 0.5) is 5.69 Å². The fourth-order valence-electron chi connectivity index (χ4n) is 3.22. The molecule has 2 atom stereocenters. The minimum absolute atomic E-state index is 0. The maximum Gasteiger partial charge on any atom is 0.312 e. The molecule has 1 aliphatic rings. The molecule has 0 bridgehead atoms. The molecule has 10 heteroatoms. The summed E-state index contributed by atoms with van der Waals surface area (Å²) in [4.78, 5) is 10.3. The van der Waals surface area contributed by atoms with Crippen LogP contribution in [0.15, 0.2) is 23.1 Å². The second-order valence-electron chi connectivity index (χ2n) is 6.20. The van der Waals surface area contributed by atoms with E-state index in [-0.39, 0.29) is 41.2 Å². The highest BCUT2D eigenvalue weighted by atomic mass is 35.5. The van der Waals surface area contributed by atoms with E-state index in [1.165, 1.54) is 19.2 Å². The normalized spacial score (nSPS) is 23.6. The maximum atomic E-state index is 12.8. The maximum absolute atomic E-state index is 12.8. The number of ether oxygens (including phenoxy) is 1. The molecule has 25 heavy (non-hydrogen) atoms. The summed E-state index contributed by atoms with van der Waals surface area (Å²) in [7, 11) is -2.64. The van der Waals surface area contributed by atoms with Crippen LogP contribution in [0.2, 0.25) is 0 Å². The van der Waals surface area contributed by atoms with Crippen LogP contribution in [-0.2, 0) is 10.0 Å². The van der Waals surface area contributed by atoms with E-state index in [1.807, 2.05) is 6.92 Å². The van der Waals surface area contributed by atoms with Gasteiger partial charge in [-0.05, 0) is 30.9 Å². The topological polar surface area (TPSA) is 125 Å². The molecule has 0 amide bonds.